The van der Waals surface area contributed by atoms with Crippen LogP contribution in [0.3, 0.4) is 0 Å². The van der Waals surface area contributed by atoms with E-state index in [0.717, 1.165) is 17.5 Å². The van der Waals surface area contributed by atoms with E-state index in [1.807, 2.05) is 21.9 Å². The van der Waals surface area contributed by atoms with Crippen molar-refractivity contribution in [2.45, 2.75) is 12.5 Å². The summed E-state index contributed by atoms with van der Waals surface area (Å²) in [6.07, 6.45) is 0.778. The number of amides is 1. The van der Waals surface area contributed by atoms with E-state index in [-0.39, 0.29) is 18.5 Å². The molecule has 7 nitrogen and oxygen atoms in total. The van der Waals surface area contributed by atoms with E-state index >= 15 is 0 Å². The molecule has 1 fully saturated rings. The summed E-state index contributed by atoms with van der Waals surface area (Å²) >= 11 is 11.8. The predicted molar refractivity (Wildman–Crippen MR) is 124 cm³/mol. The molecule has 2 aromatic rings. The lowest BCUT2D eigenvalue weighted by atomic mass is 9.90. The molecule has 0 radical (unpaired) electrons. The fourth-order valence-corrected chi connectivity index (χ4v) is 4.60. The van der Waals surface area contributed by atoms with Gasteiger partial charge in [0.1, 0.15) is 5.75 Å². The number of thiocarbonyl (C=S) groups is 1. The minimum Gasteiger partial charge on any atom is -0.495 e. The summed E-state index contributed by atoms with van der Waals surface area (Å²) in [7, 11) is 4.82. The molecule has 1 atom stereocenters. The van der Waals surface area contributed by atoms with Crippen molar-refractivity contribution in [3.63, 3.8) is 0 Å². The van der Waals surface area contributed by atoms with E-state index in [1.54, 1.807) is 39.5 Å². The average molecular weight is 462 g/mol. The lowest BCUT2D eigenvalue weighted by Crippen LogP contribution is -2.56. The number of nitrogens with zero attached hydrogens (tertiary/aromatic N) is 2. The van der Waals surface area contributed by atoms with Crippen LogP contribution in [0.25, 0.3) is 0 Å². The van der Waals surface area contributed by atoms with Gasteiger partial charge < -0.3 is 29.3 Å². The predicted octanol–water partition coefficient (Wildman–Crippen LogP) is 3.50. The first-order valence-electron chi connectivity index (χ1n) is 9.89. The number of hydrogen-bond acceptors (Lipinski definition) is 5. The number of carbonyl (C=O) groups is 1. The lowest BCUT2D eigenvalue weighted by Gasteiger charge is -2.45. The maximum absolute atomic E-state index is 13.0. The van der Waals surface area contributed by atoms with Crippen LogP contribution in [-0.4, -0.2) is 61.8 Å². The molecule has 0 bridgehead atoms. The van der Waals surface area contributed by atoms with Crippen LogP contribution in [0.1, 0.15) is 17.2 Å². The standard InChI is InChI=1S/C22H24ClN3O4S/c1-28-18-5-4-14(23)9-16(18)24-22(31)25-11-17-15-10-20(30-3)19(29-2)8-13(15)6-7-26(17)21(27)12-25/h4-5,8-10,17H,6-7,11-12H2,1-3H3,(H,24,31). The number of ether oxygens (including phenoxy) is 3. The van der Waals surface area contributed by atoms with E-state index in [2.05, 4.69) is 5.32 Å². The molecule has 9 heteroatoms. The van der Waals surface area contributed by atoms with Crippen LogP contribution in [0.4, 0.5) is 5.69 Å². The Labute approximate surface area is 191 Å². The Morgan fingerprint density at radius 1 is 1.10 bits per heavy atom. The van der Waals surface area contributed by atoms with Crippen LogP contribution < -0.4 is 19.5 Å². The molecule has 1 amide bonds. The molecule has 1 saturated heterocycles. The summed E-state index contributed by atoms with van der Waals surface area (Å²) in [6, 6.07) is 9.12. The second-order valence-electron chi connectivity index (χ2n) is 7.41. The molecular formula is C22H24ClN3O4S. The maximum Gasteiger partial charge on any atom is 0.242 e. The first-order chi connectivity index (χ1) is 14.9. The number of fused-ring (bicyclic) bond motifs is 3. The first-order valence-corrected chi connectivity index (χ1v) is 10.7. The molecule has 0 aliphatic carbocycles. The summed E-state index contributed by atoms with van der Waals surface area (Å²) in [5, 5.41) is 4.19. The summed E-state index contributed by atoms with van der Waals surface area (Å²) < 4.78 is 16.3. The van der Waals surface area contributed by atoms with Gasteiger partial charge in [0.15, 0.2) is 16.6 Å². The Morgan fingerprint density at radius 2 is 1.81 bits per heavy atom. The number of halogens is 1. The smallest absolute Gasteiger partial charge is 0.242 e. The van der Waals surface area contributed by atoms with Crippen molar-refractivity contribution in [1.29, 1.82) is 0 Å². The number of methoxy groups -OCH3 is 3. The van der Waals surface area contributed by atoms with Crippen LogP contribution in [-0.2, 0) is 11.2 Å². The first kappa shape index (κ1) is 21.5. The quantitative estimate of drug-likeness (QED) is 0.699. The molecule has 2 aromatic carbocycles. The molecule has 1 N–H and O–H groups in total. The van der Waals surface area contributed by atoms with Gasteiger partial charge in [0, 0.05) is 18.1 Å². The number of nitrogens with one attached hydrogen (secondary N) is 1. The van der Waals surface area contributed by atoms with Gasteiger partial charge in [-0.25, -0.2) is 0 Å². The maximum atomic E-state index is 13.0. The third-order valence-electron chi connectivity index (χ3n) is 5.73. The van der Waals surface area contributed by atoms with Crippen LogP contribution in [0.2, 0.25) is 5.02 Å². The summed E-state index contributed by atoms with van der Waals surface area (Å²) in [4.78, 5) is 16.8. The topological polar surface area (TPSA) is 63.3 Å². The van der Waals surface area contributed by atoms with Crippen molar-refractivity contribution < 1.29 is 19.0 Å². The van der Waals surface area contributed by atoms with Crippen molar-refractivity contribution >= 4 is 40.5 Å². The number of benzene rings is 2. The van der Waals surface area contributed by atoms with Gasteiger partial charge in [0.2, 0.25) is 5.91 Å². The second-order valence-corrected chi connectivity index (χ2v) is 8.24. The van der Waals surface area contributed by atoms with Gasteiger partial charge in [-0.05, 0) is 60.1 Å². The monoisotopic (exact) mass is 461 g/mol. The molecule has 2 heterocycles. The van der Waals surface area contributed by atoms with E-state index in [4.69, 9.17) is 38.0 Å². The molecular weight excluding hydrogens is 438 g/mol. The Bertz CT molecular complexity index is 1030. The highest BCUT2D eigenvalue weighted by Gasteiger charge is 2.38. The van der Waals surface area contributed by atoms with Crippen molar-refractivity contribution in [3.05, 3.63) is 46.5 Å². The van der Waals surface area contributed by atoms with Crippen molar-refractivity contribution in [2.24, 2.45) is 0 Å². The number of piperazine rings is 1. The Morgan fingerprint density at radius 3 is 2.52 bits per heavy atom. The number of rotatable bonds is 4. The molecule has 2 aliphatic heterocycles. The van der Waals surface area contributed by atoms with Crippen LogP contribution in [0.5, 0.6) is 17.2 Å². The van der Waals surface area contributed by atoms with E-state index in [1.165, 1.54) is 0 Å². The van der Waals surface area contributed by atoms with Crippen molar-refractivity contribution in [2.75, 3.05) is 46.3 Å². The number of carbonyl (C=O) groups excluding carboxylic acids is 1. The third-order valence-corrected chi connectivity index (χ3v) is 6.33. The highest BCUT2D eigenvalue weighted by Crippen LogP contribution is 2.40. The fourth-order valence-electron chi connectivity index (χ4n) is 4.18. The van der Waals surface area contributed by atoms with Gasteiger partial charge in [-0.15, -0.1) is 0 Å². The van der Waals surface area contributed by atoms with E-state index in [0.29, 0.717) is 46.2 Å². The minimum absolute atomic E-state index is 0.0406. The Kier molecular flexibility index (Phi) is 6.11. The largest absolute Gasteiger partial charge is 0.495 e. The highest BCUT2D eigenvalue weighted by molar-refractivity contribution is 7.80. The zero-order valence-electron chi connectivity index (χ0n) is 17.6. The molecule has 2 aliphatic rings. The van der Waals surface area contributed by atoms with Gasteiger partial charge in [0.05, 0.1) is 39.6 Å². The van der Waals surface area contributed by atoms with Crippen LogP contribution >= 0.6 is 23.8 Å². The highest BCUT2D eigenvalue weighted by atomic mass is 35.5. The van der Waals surface area contributed by atoms with Gasteiger partial charge in [-0.3, -0.25) is 4.79 Å². The zero-order chi connectivity index (χ0) is 22.1. The fraction of sp³-hybridized carbons (Fsp3) is 0.364. The third kappa shape index (κ3) is 4.09. The van der Waals surface area contributed by atoms with Gasteiger partial charge >= 0.3 is 0 Å². The molecule has 164 valence electrons. The summed E-state index contributed by atoms with van der Waals surface area (Å²) in [5.41, 5.74) is 2.87. The molecule has 31 heavy (non-hydrogen) atoms. The van der Waals surface area contributed by atoms with E-state index in [9.17, 15) is 4.79 Å². The van der Waals surface area contributed by atoms with Crippen molar-refractivity contribution in [1.82, 2.24) is 9.80 Å². The SMILES string of the molecule is COc1ccc(Cl)cc1NC(=S)N1CC(=O)N2CCc3cc(OC)c(OC)cc3C2C1. The molecule has 1 unspecified atom stereocenters. The van der Waals surface area contributed by atoms with Crippen molar-refractivity contribution in [3.8, 4) is 17.2 Å². The zero-order valence-corrected chi connectivity index (χ0v) is 19.2. The lowest BCUT2D eigenvalue weighted by molar-refractivity contribution is -0.138. The Balaban J connectivity index is 1.61. The molecule has 0 spiro atoms. The summed E-state index contributed by atoms with van der Waals surface area (Å²) in [6.45, 7) is 1.46. The number of anilines is 1. The van der Waals surface area contributed by atoms with Crippen LogP contribution in [0, 0.1) is 0 Å². The normalized spacial score (nSPS) is 17.5. The average Bonchev–Trinajstić information content (AvgIpc) is 2.77. The van der Waals surface area contributed by atoms with Gasteiger partial charge in [-0.1, -0.05) is 11.6 Å². The second kappa shape index (κ2) is 8.80. The van der Waals surface area contributed by atoms with Gasteiger partial charge in [-0.2, -0.15) is 0 Å². The number of hydrogen-bond donors (Lipinski definition) is 1. The minimum atomic E-state index is -0.120. The molecule has 0 saturated carbocycles. The van der Waals surface area contributed by atoms with E-state index < -0.39 is 0 Å². The Hall–Kier alpha value is -2.71. The molecule has 0 aromatic heterocycles. The van der Waals surface area contributed by atoms with Gasteiger partial charge in [0.25, 0.3) is 0 Å². The van der Waals surface area contributed by atoms with Crippen LogP contribution in [0.15, 0.2) is 30.3 Å². The summed E-state index contributed by atoms with van der Waals surface area (Å²) in [5.74, 6) is 2.01. The molecule has 4 rings (SSSR count).